The molecule has 2 aliphatic heterocycles. The van der Waals surface area contributed by atoms with Crippen molar-refractivity contribution in [1.82, 2.24) is 9.97 Å². The molecule has 28 heavy (non-hydrogen) atoms. The number of rotatable bonds is 3. The van der Waals surface area contributed by atoms with Crippen molar-refractivity contribution in [1.29, 1.82) is 0 Å². The second-order valence-electron chi connectivity index (χ2n) is 6.76. The third-order valence-corrected chi connectivity index (χ3v) is 6.74. The molecule has 0 saturated carbocycles. The van der Waals surface area contributed by atoms with Crippen LogP contribution in [0.15, 0.2) is 35.6 Å². The van der Waals surface area contributed by atoms with Crippen molar-refractivity contribution < 1.29 is 18.1 Å². The number of aliphatic imine (C=N–C) groups is 1. The van der Waals surface area contributed by atoms with Gasteiger partial charge in [0.05, 0.1) is 36.9 Å². The topological polar surface area (TPSA) is 120 Å². The van der Waals surface area contributed by atoms with Crippen LogP contribution in [-0.4, -0.2) is 49.6 Å². The zero-order valence-electron chi connectivity index (χ0n) is 15.0. The highest BCUT2D eigenvalue weighted by molar-refractivity contribution is 7.87. The summed E-state index contributed by atoms with van der Waals surface area (Å²) in [5, 5.41) is 2.66. The molecule has 2 aliphatic rings. The molecule has 0 bridgehead atoms. The molecular weight excluding hydrogens is 385 g/mol. The average Bonchev–Trinajstić information content (AvgIpc) is 2.62. The van der Waals surface area contributed by atoms with E-state index in [4.69, 9.17) is 10.5 Å². The maximum Gasteiger partial charge on any atom is 0.275 e. The second-order valence-corrected chi connectivity index (χ2v) is 8.57. The number of amides is 1. The number of nitrogens with one attached hydrogen (secondary N) is 1. The summed E-state index contributed by atoms with van der Waals surface area (Å²) in [6.07, 6.45) is 2.85. The molecule has 3 N–H and O–H groups in total. The Morgan fingerprint density at radius 1 is 1.36 bits per heavy atom. The minimum Gasteiger partial charge on any atom is -0.386 e. The lowest BCUT2D eigenvalue weighted by molar-refractivity contribution is 0.0176. The standard InChI is InChI=1S/C18H18FN5O3S/c1-10-5-22-14(6-21-10)16(25)23-11-2-3-13(19)12(4-11)15-7-28(26)18(8-27-9-18)17(20)24-15/h2-6,15H,7-9H2,1H3,(H2,20,24)(H,23,25). The zero-order valence-corrected chi connectivity index (χ0v) is 15.8. The van der Waals surface area contributed by atoms with E-state index in [0.29, 0.717) is 11.4 Å². The summed E-state index contributed by atoms with van der Waals surface area (Å²) in [5.74, 6) is -0.614. The van der Waals surface area contributed by atoms with Gasteiger partial charge in [0, 0.05) is 28.2 Å². The fourth-order valence-corrected chi connectivity index (χ4v) is 4.63. The van der Waals surface area contributed by atoms with E-state index in [1.165, 1.54) is 30.6 Å². The van der Waals surface area contributed by atoms with E-state index in [1.807, 2.05) is 0 Å². The number of ether oxygens (including phenoxy) is 1. The lowest BCUT2D eigenvalue weighted by atomic mass is 10.0. The van der Waals surface area contributed by atoms with Crippen LogP contribution < -0.4 is 11.1 Å². The Balaban J connectivity index is 1.58. The largest absolute Gasteiger partial charge is 0.386 e. The van der Waals surface area contributed by atoms with Crippen LogP contribution in [0.25, 0.3) is 0 Å². The van der Waals surface area contributed by atoms with Crippen LogP contribution in [0, 0.1) is 12.7 Å². The van der Waals surface area contributed by atoms with Gasteiger partial charge in [-0.25, -0.2) is 9.37 Å². The third-order valence-electron chi connectivity index (χ3n) is 4.80. The minimum absolute atomic E-state index is 0.141. The summed E-state index contributed by atoms with van der Waals surface area (Å²) >= 11 is 0. The van der Waals surface area contributed by atoms with E-state index in [1.54, 1.807) is 6.92 Å². The molecule has 0 radical (unpaired) electrons. The Bertz CT molecular complexity index is 991. The van der Waals surface area contributed by atoms with Gasteiger partial charge in [-0.3, -0.25) is 19.0 Å². The number of carbonyl (C=O) groups is 1. The number of halogens is 1. The summed E-state index contributed by atoms with van der Waals surface area (Å²) in [6.45, 7) is 2.29. The van der Waals surface area contributed by atoms with Crippen molar-refractivity contribution in [3.8, 4) is 0 Å². The molecule has 2 atom stereocenters. The fourth-order valence-electron chi connectivity index (χ4n) is 3.05. The van der Waals surface area contributed by atoms with Crippen LogP contribution >= 0.6 is 0 Å². The number of amidine groups is 1. The number of hydrogen-bond acceptors (Lipinski definition) is 7. The quantitative estimate of drug-likeness (QED) is 0.792. The molecule has 1 saturated heterocycles. The van der Waals surface area contributed by atoms with Gasteiger partial charge < -0.3 is 15.8 Å². The van der Waals surface area contributed by atoms with Crippen molar-refractivity contribution in [2.24, 2.45) is 10.7 Å². The maximum atomic E-state index is 14.4. The molecule has 8 nitrogen and oxygen atoms in total. The summed E-state index contributed by atoms with van der Waals surface area (Å²) < 4.78 is 31.5. The molecule has 1 fully saturated rings. The molecule has 0 aliphatic carbocycles. The Kier molecular flexibility index (Phi) is 4.68. The van der Waals surface area contributed by atoms with Crippen LogP contribution in [0.4, 0.5) is 10.1 Å². The molecule has 1 amide bonds. The molecule has 2 aromatic rings. The highest BCUT2D eigenvalue weighted by Crippen LogP contribution is 2.35. The molecule has 10 heteroatoms. The average molecular weight is 403 g/mol. The number of aromatic nitrogens is 2. The first kappa shape index (κ1) is 18.6. The lowest BCUT2D eigenvalue weighted by Crippen LogP contribution is -2.64. The molecule has 1 aromatic carbocycles. The number of anilines is 1. The van der Waals surface area contributed by atoms with Gasteiger partial charge in [-0.15, -0.1) is 0 Å². The van der Waals surface area contributed by atoms with Crippen LogP contribution in [0.2, 0.25) is 0 Å². The Hall–Kier alpha value is -2.72. The van der Waals surface area contributed by atoms with Gasteiger partial charge >= 0.3 is 0 Å². The maximum absolute atomic E-state index is 14.4. The van der Waals surface area contributed by atoms with Gasteiger partial charge in [-0.05, 0) is 25.1 Å². The Morgan fingerprint density at radius 3 is 2.75 bits per heavy atom. The first-order valence-corrected chi connectivity index (χ1v) is 9.90. The zero-order chi connectivity index (χ0) is 19.9. The SMILES string of the molecule is Cc1cnc(C(=O)Nc2ccc(F)c(C3CS(=O)C4(COC4)C(N)=N3)c2)cn1. The van der Waals surface area contributed by atoms with Crippen LogP contribution in [-0.2, 0) is 15.5 Å². The summed E-state index contributed by atoms with van der Waals surface area (Å²) in [5.41, 5.74) is 7.45. The number of hydrogen-bond donors (Lipinski definition) is 2. The van der Waals surface area contributed by atoms with Gasteiger partial charge in [-0.2, -0.15) is 0 Å². The van der Waals surface area contributed by atoms with Gasteiger partial charge in [-0.1, -0.05) is 0 Å². The van der Waals surface area contributed by atoms with Crippen LogP contribution in [0.1, 0.15) is 27.8 Å². The van der Waals surface area contributed by atoms with Crippen molar-refractivity contribution in [2.45, 2.75) is 17.7 Å². The number of nitrogens with zero attached hydrogens (tertiary/aromatic N) is 3. The van der Waals surface area contributed by atoms with E-state index < -0.39 is 33.3 Å². The highest BCUT2D eigenvalue weighted by Gasteiger charge is 2.51. The van der Waals surface area contributed by atoms with Gasteiger partial charge in [0.2, 0.25) is 0 Å². The number of benzene rings is 1. The molecule has 2 unspecified atom stereocenters. The summed E-state index contributed by atoms with van der Waals surface area (Å²) in [6, 6.07) is 3.45. The molecule has 1 spiro atoms. The van der Waals surface area contributed by atoms with Gasteiger partial charge in [0.1, 0.15) is 22.1 Å². The van der Waals surface area contributed by atoms with Crippen molar-refractivity contribution >= 4 is 28.2 Å². The number of nitrogens with two attached hydrogens (primary N) is 1. The summed E-state index contributed by atoms with van der Waals surface area (Å²) in [7, 11) is -1.33. The van der Waals surface area contributed by atoms with E-state index in [0.717, 1.165) is 0 Å². The second kappa shape index (κ2) is 7.02. The normalized spacial score (nSPS) is 23.0. The van der Waals surface area contributed by atoms with Crippen molar-refractivity contribution in [2.75, 3.05) is 24.3 Å². The van der Waals surface area contributed by atoms with Gasteiger partial charge in [0.25, 0.3) is 5.91 Å². The van der Waals surface area contributed by atoms with Crippen molar-refractivity contribution in [3.63, 3.8) is 0 Å². The predicted octanol–water partition coefficient (Wildman–Crippen LogP) is 1.11. The Labute approximate surface area is 162 Å². The molecule has 4 rings (SSSR count). The van der Waals surface area contributed by atoms with E-state index in [-0.39, 0.29) is 36.1 Å². The fraction of sp³-hybridized carbons (Fsp3) is 0.333. The predicted molar refractivity (Wildman–Crippen MR) is 102 cm³/mol. The smallest absolute Gasteiger partial charge is 0.275 e. The monoisotopic (exact) mass is 403 g/mol. The first-order valence-electron chi connectivity index (χ1n) is 8.58. The Morgan fingerprint density at radius 2 is 2.14 bits per heavy atom. The third kappa shape index (κ3) is 3.18. The number of aryl methyl sites for hydroxylation is 1. The summed E-state index contributed by atoms with van der Waals surface area (Å²) in [4.78, 5) is 24.7. The van der Waals surface area contributed by atoms with Crippen molar-refractivity contribution in [3.05, 3.63) is 53.4 Å². The molecule has 1 aromatic heterocycles. The van der Waals surface area contributed by atoms with E-state index >= 15 is 0 Å². The number of carbonyl (C=O) groups excluding carboxylic acids is 1. The molecular formula is C18H18FN5O3S. The van der Waals surface area contributed by atoms with E-state index in [2.05, 4.69) is 20.3 Å². The van der Waals surface area contributed by atoms with E-state index in [9.17, 15) is 13.4 Å². The lowest BCUT2D eigenvalue weighted by Gasteiger charge is -2.43. The molecule has 146 valence electrons. The molecule has 3 heterocycles. The minimum atomic E-state index is -1.33. The first-order chi connectivity index (χ1) is 13.4. The highest BCUT2D eigenvalue weighted by atomic mass is 32.2. The van der Waals surface area contributed by atoms with Crippen LogP contribution in [0.3, 0.4) is 0 Å². The van der Waals surface area contributed by atoms with Gasteiger partial charge in [0.15, 0.2) is 0 Å². The van der Waals surface area contributed by atoms with Crippen LogP contribution in [0.5, 0.6) is 0 Å².